The number of hydrogen-bond donors (Lipinski definition) is 0. The van der Waals surface area contributed by atoms with Crippen LogP contribution in [0.25, 0.3) is 55.3 Å². The molecule has 10 aromatic rings. The fourth-order valence-corrected chi connectivity index (χ4v) is 13.0. The number of rotatable bonds is 8. The SMILES string of the molecule is CC1(C)c2ccccc2-c2c(N(c3ccc(-c4ccc5c(c4)C(c4ccccc4)(c4ccccc4)c4ccccc4-5)cc3)c3ccccc3-c3cccc4cccc(C5CCCCC5)c34)cccc21. The van der Waals surface area contributed by atoms with Gasteiger partial charge < -0.3 is 4.90 Å². The van der Waals surface area contributed by atoms with E-state index in [4.69, 9.17) is 0 Å². The summed E-state index contributed by atoms with van der Waals surface area (Å²) in [5.41, 5.74) is 22.5. The molecule has 0 spiro atoms. The van der Waals surface area contributed by atoms with Crippen LogP contribution in [0.3, 0.4) is 0 Å². The van der Waals surface area contributed by atoms with Gasteiger partial charge in [-0.2, -0.15) is 0 Å². The van der Waals surface area contributed by atoms with Gasteiger partial charge in [-0.25, -0.2) is 0 Å². The minimum atomic E-state index is -0.457. The van der Waals surface area contributed by atoms with Gasteiger partial charge in [0.1, 0.15) is 0 Å². The van der Waals surface area contributed by atoms with E-state index in [1.54, 1.807) is 0 Å². The second-order valence-corrected chi connectivity index (χ2v) is 20.1. The standard InChI is InChI=1S/C68H55N/c1-67(2)59-34-15-13-31-58(59)66-61(67)36-20-38-64(66)69(63-37-17-14-30-56(63)57-33-19-24-48-23-18-32-53(65(48)57)47-21-6-3-7-22-47)52-42-39-46(40-43-52)49-41-44-55-54-29-12-16-35-60(54)68(62(55)45-49,50-25-8-4-9-26-50)51-27-10-5-11-28-51/h4-5,8-20,23-45,47H,3,6-7,21-22H2,1-2H3. The Bertz CT molecular complexity index is 3510. The van der Waals surface area contributed by atoms with Crippen LogP contribution in [0.1, 0.15) is 90.8 Å². The third-order valence-electron chi connectivity index (χ3n) is 16.2. The maximum atomic E-state index is 2.56. The third kappa shape index (κ3) is 6.44. The van der Waals surface area contributed by atoms with Crippen LogP contribution in [0.2, 0.25) is 0 Å². The molecule has 0 aliphatic heterocycles. The van der Waals surface area contributed by atoms with Crippen LogP contribution in [-0.4, -0.2) is 0 Å². The predicted octanol–water partition coefficient (Wildman–Crippen LogP) is 18.4. The highest BCUT2D eigenvalue weighted by atomic mass is 15.1. The number of hydrogen-bond acceptors (Lipinski definition) is 1. The van der Waals surface area contributed by atoms with Crippen molar-refractivity contribution in [3.05, 3.63) is 269 Å². The molecule has 10 aromatic carbocycles. The maximum Gasteiger partial charge on any atom is 0.0713 e. The van der Waals surface area contributed by atoms with Crippen LogP contribution in [0, 0.1) is 0 Å². The van der Waals surface area contributed by atoms with Gasteiger partial charge >= 0.3 is 0 Å². The molecule has 1 nitrogen and oxygen atoms in total. The number of para-hydroxylation sites is 1. The zero-order valence-corrected chi connectivity index (χ0v) is 39.5. The van der Waals surface area contributed by atoms with Gasteiger partial charge in [0.05, 0.1) is 16.8 Å². The molecule has 1 heteroatoms. The first kappa shape index (κ1) is 41.4. The first-order chi connectivity index (χ1) is 34.0. The Hall–Kier alpha value is -7.74. The average Bonchev–Trinajstić information content (AvgIpc) is 3.85. The van der Waals surface area contributed by atoms with Gasteiger partial charge in [0, 0.05) is 22.2 Å². The lowest BCUT2D eigenvalue weighted by Gasteiger charge is -2.34. The number of nitrogens with zero attached hydrogens (tertiary/aromatic N) is 1. The number of benzene rings is 10. The summed E-state index contributed by atoms with van der Waals surface area (Å²) >= 11 is 0. The minimum Gasteiger partial charge on any atom is -0.309 e. The van der Waals surface area contributed by atoms with Gasteiger partial charge in [-0.1, -0.05) is 233 Å². The van der Waals surface area contributed by atoms with Crippen LogP contribution in [0.15, 0.2) is 231 Å². The van der Waals surface area contributed by atoms with Gasteiger partial charge in [-0.3, -0.25) is 0 Å². The summed E-state index contributed by atoms with van der Waals surface area (Å²) in [6, 6.07) is 87.0. The third-order valence-corrected chi connectivity index (χ3v) is 16.2. The van der Waals surface area contributed by atoms with Crippen LogP contribution in [-0.2, 0) is 10.8 Å². The molecule has 3 aliphatic carbocycles. The molecule has 0 bridgehead atoms. The van der Waals surface area contributed by atoms with E-state index in [0.29, 0.717) is 5.92 Å². The number of fused-ring (bicyclic) bond motifs is 7. The Labute approximate surface area is 407 Å². The van der Waals surface area contributed by atoms with E-state index >= 15 is 0 Å². The van der Waals surface area contributed by atoms with E-state index in [-0.39, 0.29) is 5.41 Å². The summed E-state index contributed by atoms with van der Waals surface area (Å²) in [4.78, 5) is 2.56. The van der Waals surface area contributed by atoms with E-state index in [9.17, 15) is 0 Å². The summed E-state index contributed by atoms with van der Waals surface area (Å²) in [7, 11) is 0. The molecular weight excluding hydrogens is 831 g/mol. The second-order valence-electron chi connectivity index (χ2n) is 20.1. The van der Waals surface area contributed by atoms with Crippen LogP contribution >= 0.6 is 0 Å². The zero-order chi connectivity index (χ0) is 46.1. The molecule has 0 saturated heterocycles. The second kappa shape index (κ2) is 16.5. The lowest BCUT2D eigenvalue weighted by Crippen LogP contribution is -2.28. The summed E-state index contributed by atoms with van der Waals surface area (Å²) in [6.07, 6.45) is 6.47. The molecule has 0 heterocycles. The quantitative estimate of drug-likeness (QED) is 0.147. The van der Waals surface area contributed by atoms with Crippen molar-refractivity contribution in [3.63, 3.8) is 0 Å². The molecule has 0 amide bonds. The van der Waals surface area contributed by atoms with E-state index in [1.165, 1.54) is 138 Å². The van der Waals surface area contributed by atoms with E-state index in [1.807, 2.05) is 0 Å². The first-order valence-electron chi connectivity index (χ1n) is 25.1. The van der Waals surface area contributed by atoms with E-state index < -0.39 is 5.41 Å². The van der Waals surface area contributed by atoms with Crippen molar-refractivity contribution in [2.24, 2.45) is 0 Å². The molecule has 0 N–H and O–H groups in total. The van der Waals surface area contributed by atoms with Crippen molar-refractivity contribution < 1.29 is 0 Å². The van der Waals surface area contributed by atoms with E-state index in [0.717, 1.165) is 5.69 Å². The Kier molecular flexibility index (Phi) is 9.91. The van der Waals surface area contributed by atoms with E-state index in [2.05, 4.69) is 249 Å². The molecule has 1 fully saturated rings. The predicted molar refractivity (Wildman–Crippen MR) is 290 cm³/mol. The Balaban J connectivity index is 1.00. The summed E-state index contributed by atoms with van der Waals surface area (Å²) in [6.45, 7) is 4.77. The summed E-state index contributed by atoms with van der Waals surface area (Å²) in [5, 5.41) is 2.72. The van der Waals surface area contributed by atoms with Crippen molar-refractivity contribution in [2.75, 3.05) is 4.90 Å². The molecule has 332 valence electrons. The highest BCUT2D eigenvalue weighted by Crippen LogP contribution is 2.58. The first-order valence-corrected chi connectivity index (χ1v) is 25.1. The fourth-order valence-electron chi connectivity index (χ4n) is 13.0. The monoisotopic (exact) mass is 885 g/mol. The Morgan fingerprint density at radius 1 is 0.391 bits per heavy atom. The number of anilines is 3. The topological polar surface area (TPSA) is 3.24 Å². The highest BCUT2D eigenvalue weighted by molar-refractivity contribution is 6.05. The van der Waals surface area contributed by atoms with Crippen molar-refractivity contribution in [3.8, 4) is 44.5 Å². The highest BCUT2D eigenvalue weighted by Gasteiger charge is 2.46. The van der Waals surface area contributed by atoms with Gasteiger partial charge in [-0.05, 0) is 132 Å². The fraction of sp³-hybridized carbons (Fsp3) is 0.147. The molecule has 69 heavy (non-hydrogen) atoms. The molecule has 0 aromatic heterocycles. The lowest BCUT2D eigenvalue weighted by atomic mass is 9.67. The largest absolute Gasteiger partial charge is 0.309 e. The zero-order valence-electron chi connectivity index (χ0n) is 39.5. The lowest BCUT2D eigenvalue weighted by molar-refractivity contribution is 0.445. The van der Waals surface area contributed by atoms with Crippen molar-refractivity contribution in [1.29, 1.82) is 0 Å². The van der Waals surface area contributed by atoms with Gasteiger partial charge in [0.15, 0.2) is 0 Å². The molecule has 0 atom stereocenters. The maximum absolute atomic E-state index is 2.56. The molecular formula is C68H55N. The van der Waals surface area contributed by atoms with Crippen molar-refractivity contribution in [2.45, 2.75) is 62.7 Å². The Morgan fingerprint density at radius 3 is 1.68 bits per heavy atom. The van der Waals surface area contributed by atoms with Crippen LogP contribution < -0.4 is 4.90 Å². The Morgan fingerprint density at radius 2 is 0.942 bits per heavy atom. The smallest absolute Gasteiger partial charge is 0.0713 e. The molecule has 13 rings (SSSR count). The van der Waals surface area contributed by atoms with Gasteiger partial charge in [-0.15, -0.1) is 0 Å². The average molecular weight is 886 g/mol. The molecule has 0 unspecified atom stereocenters. The van der Waals surface area contributed by atoms with Crippen molar-refractivity contribution >= 4 is 27.8 Å². The van der Waals surface area contributed by atoms with Gasteiger partial charge in [0.2, 0.25) is 0 Å². The van der Waals surface area contributed by atoms with Crippen LogP contribution in [0.5, 0.6) is 0 Å². The summed E-state index contributed by atoms with van der Waals surface area (Å²) < 4.78 is 0. The molecule has 3 aliphatic rings. The van der Waals surface area contributed by atoms with Crippen LogP contribution in [0.4, 0.5) is 17.1 Å². The molecule has 0 radical (unpaired) electrons. The minimum absolute atomic E-state index is 0.135. The van der Waals surface area contributed by atoms with Crippen molar-refractivity contribution in [1.82, 2.24) is 0 Å². The molecule has 1 saturated carbocycles. The normalized spacial score (nSPS) is 15.3. The van der Waals surface area contributed by atoms with Gasteiger partial charge in [0.25, 0.3) is 0 Å². The summed E-state index contributed by atoms with van der Waals surface area (Å²) in [5.74, 6) is 0.578.